The predicted octanol–water partition coefficient (Wildman–Crippen LogP) is 2.45. The first-order valence-corrected chi connectivity index (χ1v) is 10.3. The SMILES string of the molecule is CNC(=O)c1cc(C(=O)NC2[C@H]3COC[C@@H]23)cc([C@H](C)c2cccc3[nH]ccc23)n1. The van der Waals surface area contributed by atoms with Gasteiger partial charge in [-0.05, 0) is 29.8 Å². The average Bonchev–Trinajstić information content (AvgIpc) is 3.16. The molecule has 7 heteroatoms. The number of pyridine rings is 1. The smallest absolute Gasteiger partial charge is 0.269 e. The lowest BCUT2D eigenvalue weighted by molar-refractivity contribution is 0.0928. The van der Waals surface area contributed by atoms with Crippen molar-refractivity contribution >= 4 is 22.7 Å². The van der Waals surface area contributed by atoms with E-state index in [-0.39, 0.29) is 29.5 Å². The molecular formula is C23H24N4O3. The normalized spacial score (nSPS) is 23.1. The average molecular weight is 404 g/mol. The Labute approximate surface area is 174 Å². The highest BCUT2D eigenvalue weighted by Gasteiger charge is 2.54. The van der Waals surface area contributed by atoms with Crippen LogP contribution in [0.2, 0.25) is 0 Å². The quantitative estimate of drug-likeness (QED) is 0.609. The molecule has 1 aliphatic heterocycles. The fourth-order valence-electron chi connectivity index (χ4n) is 4.48. The van der Waals surface area contributed by atoms with E-state index in [1.165, 1.54) is 0 Å². The molecule has 1 aromatic carbocycles. The number of nitrogens with zero attached hydrogens (tertiary/aromatic N) is 1. The highest BCUT2D eigenvalue weighted by molar-refractivity contribution is 5.99. The molecule has 0 radical (unpaired) electrons. The summed E-state index contributed by atoms with van der Waals surface area (Å²) in [5, 5.41) is 6.82. The fourth-order valence-corrected chi connectivity index (χ4v) is 4.48. The third kappa shape index (κ3) is 3.15. The van der Waals surface area contributed by atoms with Crippen molar-refractivity contribution in [2.45, 2.75) is 18.9 Å². The van der Waals surface area contributed by atoms with Crippen molar-refractivity contribution in [2.75, 3.05) is 20.3 Å². The number of aromatic nitrogens is 2. The molecular weight excluding hydrogens is 380 g/mol. The summed E-state index contributed by atoms with van der Waals surface area (Å²) in [5.74, 6) is 0.261. The zero-order valence-corrected chi connectivity index (χ0v) is 16.9. The number of amides is 2. The van der Waals surface area contributed by atoms with Gasteiger partial charge in [0.2, 0.25) is 0 Å². The van der Waals surface area contributed by atoms with Gasteiger partial charge in [-0.2, -0.15) is 0 Å². The Morgan fingerprint density at radius 2 is 1.97 bits per heavy atom. The lowest BCUT2D eigenvalue weighted by Crippen LogP contribution is -2.30. The molecule has 0 spiro atoms. The van der Waals surface area contributed by atoms with Crippen LogP contribution in [0.15, 0.2) is 42.6 Å². The summed E-state index contributed by atoms with van der Waals surface area (Å²) in [7, 11) is 1.56. The molecule has 30 heavy (non-hydrogen) atoms. The number of benzene rings is 1. The van der Waals surface area contributed by atoms with Crippen LogP contribution in [-0.4, -0.2) is 48.1 Å². The van der Waals surface area contributed by atoms with E-state index in [9.17, 15) is 9.59 Å². The Bertz CT molecular complexity index is 1130. The van der Waals surface area contributed by atoms with Crippen molar-refractivity contribution in [1.82, 2.24) is 20.6 Å². The van der Waals surface area contributed by atoms with Crippen LogP contribution in [0.4, 0.5) is 0 Å². The minimum absolute atomic E-state index is 0.0886. The van der Waals surface area contributed by atoms with Crippen LogP contribution < -0.4 is 10.6 Å². The minimum atomic E-state index is -0.311. The molecule has 3 heterocycles. The van der Waals surface area contributed by atoms with Crippen LogP contribution >= 0.6 is 0 Å². The zero-order valence-electron chi connectivity index (χ0n) is 16.9. The third-order valence-corrected chi connectivity index (χ3v) is 6.36. The van der Waals surface area contributed by atoms with Crippen molar-refractivity contribution in [2.24, 2.45) is 11.8 Å². The van der Waals surface area contributed by atoms with Gasteiger partial charge in [0.15, 0.2) is 0 Å². The first-order valence-electron chi connectivity index (χ1n) is 10.3. The van der Waals surface area contributed by atoms with Gasteiger partial charge >= 0.3 is 0 Å². The number of aromatic amines is 1. The summed E-state index contributed by atoms with van der Waals surface area (Å²) < 4.78 is 5.40. The minimum Gasteiger partial charge on any atom is -0.381 e. The number of hydrogen-bond donors (Lipinski definition) is 3. The molecule has 3 N–H and O–H groups in total. The van der Waals surface area contributed by atoms with Crippen LogP contribution in [0.3, 0.4) is 0 Å². The number of carbonyl (C=O) groups excluding carboxylic acids is 2. The summed E-state index contributed by atoms with van der Waals surface area (Å²) in [4.78, 5) is 33.1. The predicted molar refractivity (Wildman–Crippen MR) is 112 cm³/mol. The van der Waals surface area contributed by atoms with Crippen LogP contribution in [-0.2, 0) is 4.74 Å². The van der Waals surface area contributed by atoms with E-state index in [1.807, 2.05) is 31.3 Å². The summed E-state index contributed by atoms with van der Waals surface area (Å²) >= 11 is 0. The van der Waals surface area contributed by atoms with Gasteiger partial charge < -0.3 is 20.4 Å². The molecule has 2 aliphatic rings. The summed E-state index contributed by atoms with van der Waals surface area (Å²) in [5.41, 5.74) is 3.53. The van der Waals surface area contributed by atoms with Gasteiger partial charge in [0.1, 0.15) is 5.69 Å². The Morgan fingerprint density at radius 3 is 2.73 bits per heavy atom. The first kappa shape index (κ1) is 18.8. The Kier molecular flexibility index (Phi) is 4.55. The van der Waals surface area contributed by atoms with Crippen LogP contribution in [0.25, 0.3) is 10.9 Å². The van der Waals surface area contributed by atoms with Crippen LogP contribution in [0, 0.1) is 11.8 Å². The molecule has 5 rings (SSSR count). The summed E-state index contributed by atoms with van der Waals surface area (Å²) in [6, 6.07) is 11.6. The van der Waals surface area contributed by atoms with E-state index in [0.717, 1.165) is 16.5 Å². The molecule has 154 valence electrons. The molecule has 0 bridgehead atoms. The number of hydrogen-bond acceptors (Lipinski definition) is 4. The molecule has 2 amide bonds. The summed E-state index contributed by atoms with van der Waals surface area (Å²) in [6.45, 7) is 3.46. The number of rotatable bonds is 5. The second-order valence-corrected chi connectivity index (χ2v) is 8.12. The maximum absolute atomic E-state index is 13.0. The molecule has 2 fully saturated rings. The Morgan fingerprint density at radius 1 is 1.17 bits per heavy atom. The third-order valence-electron chi connectivity index (χ3n) is 6.36. The van der Waals surface area contributed by atoms with Crippen molar-refractivity contribution in [3.05, 3.63) is 65.1 Å². The first-order chi connectivity index (χ1) is 14.6. The fraction of sp³-hybridized carbons (Fsp3) is 0.348. The lowest BCUT2D eigenvalue weighted by Gasteiger charge is -2.16. The van der Waals surface area contributed by atoms with Gasteiger partial charge in [-0.1, -0.05) is 19.1 Å². The molecule has 1 saturated carbocycles. The lowest BCUT2D eigenvalue weighted by atomic mass is 9.93. The van der Waals surface area contributed by atoms with E-state index in [2.05, 4.69) is 26.7 Å². The molecule has 4 atom stereocenters. The van der Waals surface area contributed by atoms with E-state index in [4.69, 9.17) is 4.74 Å². The van der Waals surface area contributed by atoms with Crippen LogP contribution in [0.1, 0.15) is 44.9 Å². The number of H-pyrrole nitrogens is 1. The largest absolute Gasteiger partial charge is 0.381 e. The van der Waals surface area contributed by atoms with Gasteiger partial charge in [-0.25, -0.2) is 4.98 Å². The topological polar surface area (TPSA) is 96.1 Å². The van der Waals surface area contributed by atoms with Crippen molar-refractivity contribution in [3.63, 3.8) is 0 Å². The molecule has 1 aliphatic carbocycles. The maximum Gasteiger partial charge on any atom is 0.269 e. The number of carbonyl (C=O) groups is 2. The Balaban J connectivity index is 1.49. The molecule has 3 aromatic rings. The van der Waals surface area contributed by atoms with Gasteiger partial charge in [0.05, 0.1) is 13.2 Å². The second-order valence-electron chi connectivity index (χ2n) is 8.12. The van der Waals surface area contributed by atoms with E-state index >= 15 is 0 Å². The van der Waals surface area contributed by atoms with E-state index in [1.54, 1.807) is 19.2 Å². The van der Waals surface area contributed by atoms with E-state index in [0.29, 0.717) is 36.3 Å². The molecule has 7 nitrogen and oxygen atoms in total. The highest BCUT2D eigenvalue weighted by atomic mass is 16.5. The highest BCUT2D eigenvalue weighted by Crippen LogP contribution is 2.44. The molecule has 1 unspecified atom stereocenters. The van der Waals surface area contributed by atoms with Gasteiger partial charge in [-0.3, -0.25) is 9.59 Å². The molecule has 1 saturated heterocycles. The van der Waals surface area contributed by atoms with Gasteiger partial charge in [0, 0.05) is 59.2 Å². The number of nitrogens with one attached hydrogen (secondary N) is 3. The molecule has 2 aromatic heterocycles. The van der Waals surface area contributed by atoms with E-state index < -0.39 is 0 Å². The maximum atomic E-state index is 13.0. The monoisotopic (exact) mass is 404 g/mol. The van der Waals surface area contributed by atoms with Crippen molar-refractivity contribution in [3.8, 4) is 0 Å². The second kappa shape index (κ2) is 7.25. The number of fused-ring (bicyclic) bond motifs is 2. The Hall–Kier alpha value is -3.19. The number of ether oxygens (including phenoxy) is 1. The van der Waals surface area contributed by atoms with Crippen molar-refractivity contribution in [1.29, 1.82) is 0 Å². The summed E-state index contributed by atoms with van der Waals surface area (Å²) in [6.07, 6.45) is 1.91. The van der Waals surface area contributed by atoms with Crippen molar-refractivity contribution < 1.29 is 14.3 Å². The van der Waals surface area contributed by atoms with Gasteiger partial charge in [-0.15, -0.1) is 0 Å². The zero-order chi connectivity index (χ0) is 20.8. The standard InChI is InChI=1S/C23H24N4O3/c1-12(14-4-3-5-18-15(14)6-7-25-18)19-8-13(9-20(26-19)23(29)24-2)22(28)27-21-16-10-30-11-17(16)21/h3-9,12,16-17,21,25H,10-11H2,1-2H3,(H,24,29)(H,27,28)/t12-,16-,17+,21?/m1/s1. The van der Waals surface area contributed by atoms with Gasteiger partial charge in [0.25, 0.3) is 11.8 Å². The van der Waals surface area contributed by atoms with Crippen LogP contribution in [0.5, 0.6) is 0 Å².